The normalized spacial score (nSPS) is 10.8. The van der Waals surface area contributed by atoms with E-state index in [1.54, 1.807) is 11.3 Å². The molecule has 0 bridgehead atoms. The van der Waals surface area contributed by atoms with E-state index in [1.807, 2.05) is 36.6 Å². The topological polar surface area (TPSA) is 54.9 Å². The molecule has 2 heterocycles. The number of carbonyl (C=O) groups is 1. The maximum Gasteiger partial charge on any atom is 0.234 e. The van der Waals surface area contributed by atoms with Gasteiger partial charge in [-0.05, 0) is 52.0 Å². The number of rotatable bonds is 4. The van der Waals surface area contributed by atoms with E-state index in [4.69, 9.17) is 0 Å². The van der Waals surface area contributed by atoms with E-state index < -0.39 is 0 Å². The van der Waals surface area contributed by atoms with Crippen molar-refractivity contribution in [3.05, 3.63) is 46.0 Å². The summed E-state index contributed by atoms with van der Waals surface area (Å²) in [6.45, 7) is 2.01. The summed E-state index contributed by atoms with van der Waals surface area (Å²) in [5, 5.41) is 6.72. The smallest absolute Gasteiger partial charge is 0.234 e. The van der Waals surface area contributed by atoms with E-state index in [1.165, 1.54) is 18.1 Å². The summed E-state index contributed by atoms with van der Waals surface area (Å²) in [6, 6.07) is 7.81. The van der Waals surface area contributed by atoms with Gasteiger partial charge in [-0.3, -0.25) is 4.79 Å². The number of nitrogens with zero attached hydrogens (tertiary/aromatic N) is 2. The van der Waals surface area contributed by atoms with E-state index in [0.29, 0.717) is 5.75 Å². The molecule has 4 nitrogen and oxygen atoms in total. The molecule has 0 unspecified atom stereocenters. The lowest BCUT2D eigenvalue weighted by Crippen LogP contribution is -2.14. The third-order valence-electron chi connectivity index (χ3n) is 2.96. The van der Waals surface area contributed by atoms with E-state index >= 15 is 0 Å². The molecule has 112 valence electrons. The summed E-state index contributed by atoms with van der Waals surface area (Å²) in [7, 11) is 0. The molecule has 0 spiro atoms. The van der Waals surface area contributed by atoms with Crippen molar-refractivity contribution >= 4 is 60.8 Å². The van der Waals surface area contributed by atoms with Crippen molar-refractivity contribution in [2.45, 2.75) is 11.9 Å². The lowest BCUT2D eigenvalue weighted by Gasteiger charge is -2.08. The van der Waals surface area contributed by atoms with Crippen LogP contribution >= 0.6 is 39.0 Å². The molecule has 1 N–H and O–H groups in total. The first kappa shape index (κ1) is 15.5. The Morgan fingerprint density at radius 3 is 3.05 bits per heavy atom. The van der Waals surface area contributed by atoms with Crippen LogP contribution in [0.15, 0.2) is 45.5 Å². The Morgan fingerprint density at radius 1 is 1.36 bits per heavy atom. The fraction of sp³-hybridized carbons (Fsp3) is 0.133. The molecule has 0 saturated carbocycles. The number of anilines is 1. The summed E-state index contributed by atoms with van der Waals surface area (Å²) in [5.74, 6) is 0.249. The minimum Gasteiger partial charge on any atom is -0.324 e. The number of thioether (sulfide) groups is 1. The molecule has 3 aromatic rings. The number of fused-ring (bicyclic) bond motifs is 1. The third kappa shape index (κ3) is 3.48. The van der Waals surface area contributed by atoms with Gasteiger partial charge in [0.2, 0.25) is 5.91 Å². The zero-order chi connectivity index (χ0) is 15.5. The molecule has 0 radical (unpaired) electrons. The predicted octanol–water partition coefficient (Wildman–Crippen LogP) is 4.49. The van der Waals surface area contributed by atoms with Gasteiger partial charge in [0.25, 0.3) is 0 Å². The number of nitrogens with one attached hydrogen (secondary N) is 1. The van der Waals surface area contributed by atoms with Crippen molar-refractivity contribution < 1.29 is 4.79 Å². The number of aryl methyl sites for hydroxylation is 1. The Balaban J connectivity index is 1.66. The molecule has 22 heavy (non-hydrogen) atoms. The summed E-state index contributed by atoms with van der Waals surface area (Å²) >= 11 is 6.45. The molecular formula is C15H12BrN3OS2. The van der Waals surface area contributed by atoms with Crippen LogP contribution in [0.2, 0.25) is 0 Å². The quantitative estimate of drug-likeness (QED) is 0.523. The molecule has 0 aliphatic carbocycles. The molecule has 0 atom stereocenters. The van der Waals surface area contributed by atoms with E-state index in [9.17, 15) is 4.79 Å². The average Bonchev–Trinajstić information content (AvgIpc) is 2.97. The fourth-order valence-corrected chi connectivity index (χ4v) is 4.10. The maximum absolute atomic E-state index is 12.1. The number of carbonyl (C=O) groups excluding carboxylic acids is 1. The number of aromatic nitrogens is 2. The van der Waals surface area contributed by atoms with E-state index in [0.717, 1.165) is 31.0 Å². The number of hydrogen-bond donors (Lipinski definition) is 1. The van der Waals surface area contributed by atoms with Gasteiger partial charge in [-0.1, -0.05) is 17.8 Å². The highest BCUT2D eigenvalue weighted by Crippen LogP contribution is 2.28. The minimum atomic E-state index is -0.0588. The van der Waals surface area contributed by atoms with Crippen molar-refractivity contribution in [1.29, 1.82) is 0 Å². The number of halogens is 1. The number of thiophene rings is 1. The molecule has 7 heteroatoms. The molecular weight excluding hydrogens is 382 g/mol. The second-order valence-electron chi connectivity index (χ2n) is 4.64. The highest BCUT2D eigenvalue weighted by molar-refractivity contribution is 9.10. The zero-order valence-corrected chi connectivity index (χ0v) is 14.9. The van der Waals surface area contributed by atoms with Gasteiger partial charge in [0.05, 0.1) is 11.4 Å². The molecule has 2 aromatic heterocycles. The molecule has 0 aliphatic heterocycles. The van der Waals surface area contributed by atoms with Gasteiger partial charge in [0.1, 0.15) is 16.2 Å². The summed E-state index contributed by atoms with van der Waals surface area (Å²) in [6.07, 6.45) is 1.54. The van der Waals surface area contributed by atoms with Crippen LogP contribution in [0.4, 0.5) is 5.69 Å². The van der Waals surface area contributed by atoms with Crippen molar-refractivity contribution in [3.63, 3.8) is 0 Å². The molecule has 1 aromatic carbocycles. The van der Waals surface area contributed by atoms with Crippen LogP contribution in [0.5, 0.6) is 0 Å². The maximum atomic E-state index is 12.1. The first-order valence-corrected chi connectivity index (χ1v) is 9.16. The molecule has 3 rings (SSSR count). The van der Waals surface area contributed by atoms with Gasteiger partial charge in [0.15, 0.2) is 0 Å². The van der Waals surface area contributed by atoms with Gasteiger partial charge in [-0.2, -0.15) is 0 Å². The first-order valence-electron chi connectivity index (χ1n) is 6.50. The van der Waals surface area contributed by atoms with Gasteiger partial charge < -0.3 is 5.32 Å². The Hall–Kier alpha value is -1.44. The zero-order valence-electron chi connectivity index (χ0n) is 11.7. The van der Waals surface area contributed by atoms with Crippen molar-refractivity contribution in [2.24, 2.45) is 0 Å². The summed E-state index contributed by atoms with van der Waals surface area (Å²) < 4.78 is 0.883. The van der Waals surface area contributed by atoms with E-state index in [2.05, 4.69) is 31.2 Å². The lowest BCUT2D eigenvalue weighted by molar-refractivity contribution is -0.113. The van der Waals surface area contributed by atoms with Gasteiger partial charge >= 0.3 is 0 Å². The molecule has 0 saturated heterocycles. The second-order valence-corrected chi connectivity index (χ2v) is 7.35. The Kier molecular flexibility index (Phi) is 4.75. The third-order valence-corrected chi connectivity index (χ3v) is 5.45. The Bertz CT molecular complexity index is 835. The SMILES string of the molecule is Cc1ccc(NC(=O)CSc2ncnc3sccc23)c(Br)c1. The summed E-state index contributed by atoms with van der Waals surface area (Å²) in [5.41, 5.74) is 1.92. The van der Waals surface area contributed by atoms with Crippen molar-refractivity contribution in [1.82, 2.24) is 9.97 Å². The lowest BCUT2D eigenvalue weighted by atomic mass is 10.2. The second kappa shape index (κ2) is 6.76. The van der Waals surface area contributed by atoms with Crippen LogP contribution in [0.1, 0.15) is 5.56 Å². The Labute approximate surface area is 144 Å². The molecule has 0 aliphatic rings. The number of benzene rings is 1. The number of hydrogen-bond acceptors (Lipinski definition) is 5. The largest absolute Gasteiger partial charge is 0.324 e. The first-order chi connectivity index (χ1) is 10.6. The van der Waals surface area contributed by atoms with Crippen LogP contribution < -0.4 is 5.32 Å². The number of amides is 1. The van der Waals surface area contributed by atoms with E-state index in [-0.39, 0.29) is 5.91 Å². The standard InChI is InChI=1S/C15H12BrN3OS2/c1-9-2-3-12(11(16)6-9)19-13(20)7-22-15-10-4-5-21-14(10)17-8-18-15/h2-6,8H,7H2,1H3,(H,19,20). The Morgan fingerprint density at radius 2 is 2.23 bits per heavy atom. The highest BCUT2D eigenvalue weighted by atomic mass is 79.9. The van der Waals surface area contributed by atoms with Crippen LogP contribution in [0, 0.1) is 6.92 Å². The monoisotopic (exact) mass is 393 g/mol. The highest BCUT2D eigenvalue weighted by Gasteiger charge is 2.10. The average molecular weight is 394 g/mol. The van der Waals surface area contributed by atoms with Gasteiger partial charge in [-0.25, -0.2) is 9.97 Å². The summed E-state index contributed by atoms with van der Waals surface area (Å²) in [4.78, 5) is 21.5. The van der Waals surface area contributed by atoms with Gasteiger partial charge in [-0.15, -0.1) is 11.3 Å². The van der Waals surface area contributed by atoms with Crippen molar-refractivity contribution in [2.75, 3.05) is 11.1 Å². The van der Waals surface area contributed by atoms with Gasteiger partial charge in [0, 0.05) is 9.86 Å². The van der Waals surface area contributed by atoms with Crippen LogP contribution in [-0.2, 0) is 4.79 Å². The van der Waals surface area contributed by atoms with Crippen LogP contribution in [-0.4, -0.2) is 21.6 Å². The predicted molar refractivity (Wildman–Crippen MR) is 95.6 cm³/mol. The van der Waals surface area contributed by atoms with Crippen LogP contribution in [0.3, 0.4) is 0 Å². The van der Waals surface area contributed by atoms with Crippen LogP contribution in [0.25, 0.3) is 10.2 Å². The minimum absolute atomic E-state index is 0.0588. The molecule has 0 fully saturated rings. The molecule has 1 amide bonds. The fourth-order valence-electron chi connectivity index (χ4n) is 1.92. The van der Waals surface area contributed by atoms with Crippen molar-refractivity contribution in [3.8, 4) is 0 Å².